The van der Waals surface area contributed by atoms with Gasteiger partial charge < -0.3 is 18.9 Å². The van der Waals surface area contributed by atoms with Gasteiger partial charge in [-0.2, -0.15) is 0 Å². The predicted molar refractivity (Wildman–Crippen MR) is 233 cm³/mol. The fraction of sp³-hybridized carbons (Fsp3) is 0.652. The highest BCUT2D eigenvalue weighted by molar-refractivity contribution is 7.47. The van der Waals surface area contributed by atoms with Crippen LogP contribution in [0.15, 0.2) is 85.1 Å². The number of rotatable bonds is 37. The van der Waals surface area contributed by atoms with Gasteiger partial charge in [-0.05, 0) is 77.0 Å². The van der Waals surface area contributed by atoms with Crippen LogP contribution in [0.3, 0.4) is 0 Å². The molecule has 2 atom stereocenters. The summed E-state index contributed by atoms with van der Waals surface area (Å²) in [5, 5.41) is 0. The first-order valence-electron chi connectivity index (χ1n) is 21.3. The summed E-state index contributed by atoms with van der Waals surface area (Å²) in [4.78, 5) is 35.3. The molecule has 0 amide bonds. The molecule has 0 spiro atoms. The summed E-state index contributed by atoms with van der Waals surface area (Å²) >= 11 is 0. The van der Waals surface area contributed by atoms with Gasteiger partial charge in [-0.3, -0.25) is 18.6 Å². The smallest absolute Gasteiger partial charge is 0.462 e. The van der Waals surface area contributed by atoms with Gasteiger partial charge in [0.05, 0.1) is 27.7 Å². The average Bonchev–Trinajstić information content (AvgIpc) is 3.15. The zero-order valence-electron chi connectivity index (χ0n) is 35.8. The van der Waals surface area contributed by atoms with Crippen LogP contribution < -0.4 is 0 Å². The van der Waals surface area contributed by atoms with E-state index in [1.807, 2.05) is 33.3 Å². The van der Waals surface area contributed by atoms with Gasteiger partial charge in [0.1, 0.15) is 19.8 Å². The lowest BCUT2D eigenvalue weighted by atomic mass is 10.1. The van der Waals surface area contributed by atoms with E-state index >= 15 is 0 Å². The minimum Gasteiger partial charge on any atom is -0.462 e. The summed E-state index contributed by atoms with van der Waals surface area (Å²) in [7, 11) is 1.41. The maximum Gasteiger partial charge on any atom is 0.472 e. The number of unbranched alkanes of at least 4 members (excludes halogenated alkanes) is 9. The number of esters is 2. The van der Waals surface area contributed by atoms with E-state index in [4.69, 9.17) is 18.5 Å². The summed E-state index contributed by atoms with van der Waals surface area (Å²) in [5.74, 6) is -0.925. The molecule has 10 heteroatoms. The Morgan fingerprint density at radius 2 is 1.05 bits per heavy atom. The predicted octanol–water partition coefficient (Wildman–Crippen LogP) is 12.0. The topological polar surface area (TPSA) is 108 Å². The van der Waals surface area contributed by atoms with Crippen molar-refractivity contribution < 1.29 is 42.1 Å². The van der Waals surface area contributed by atoms with E-state index in [0.717, 1.165) is 64.2 Å². The molecule has 1 unspecified atom stereocenters. The van der Waals surface area contributed by atoms with Crippen LogP contribution in [0.4, 0.5) is 0 Å². The third-order valence-electron chi connectivity index (χ3n) is 8.42. The molecule has 0 saturated heterocycles. The summed E-state index contributed by atoms with van der Waals surface area (Å²) in [6.07, 6.45) is 47.9. The third kappa shape index (κ3) is 40.8. The van der Waals surface area contributed by atoms with Gasteiger partial charge >= 0.3 is 19.8 Å². The van der Waals surface area contributed by atoms with Gasteiger partial charge in [-0.15, -0.1) is 0 Å². The van der Waals surface area contributed by atoms with Crippen LogP contribution in [0.5, 0.6) is 0 Å². The molecule has 320 valence electrons. The Labute approximate surface area is 341 Å². The lowest BCUT2D eigenvalue weighted by Gasteiger charge is -2.24. The van der Waals surface area contributed by atoms with Crippen molar-refractivity contribution in [3.63, 3.8) is 0 Å². The van der Waals surface area contributed by atoms with Crippen LogP contribution >= 0.6 is 7.82 Å². The third-order valence-corrected chi connectivity index (χ3v) is 9.41. The van der Waals surface area contributed by atoms with Crippen LogP contribution in [-0.4, -0.2) is 74.9 Å². The van der Waals surface area contributed by atoms with Crippen molar-refractivity contribution in [1.82, 2.24) is 0 Å². The summed E-state index contributed by atoms with van der Waals surface area (Å²) < 4.78 is 34.1. The van der Waals surface area contributed by atoms with Crippen molar-refractivity contribution in [2.45, 2.75) is 148 Å². The number of nitrogens with zero attached hydrogens (tertiary/aromatic N) is 1. The van der Waals surface area contributed by atoms with E-state index in [2.05, 4.69) is 86.8 Å². The van der Waals surface area contributed by atoms with Crippen molar-refractivity contribution in [1.29, 1.82) is 0 Å². The number of phosphoric acid groups is 1. The second-order valence-electron chi connectivity index (χ2n) is 15.0. The minimum absolute atomic E-state index is 0.0115. The Hall–Kier alpha value is -2.81. The maximum atomic E-state index is 12.6. The standard InChI is InChI=1S/C46H78NO8P/c1-6-8-10-12-14-16-18-20-21-22-23-24-25-27-29-31-33-35-37-39-46(49)55-44(43-54-56(50,51)53-41-40-47(3,4)5)42-52-45(48)38-36-34-32-30-28-26-19-17-15-13-11-9-7-2/h8,10,14,16,20-21,23-24,26-29,33,35,44H,6-7,9,11-13,15,17-19,22,25,30-32,34,36-43H2,1-5H3/p+1/b10-8+,16-14+,21-20+,24-23+,28-26+,29-27+,35-33+/t44-/m1/s1. The quantitative estimate of drug-likeness (QED) is 0.0217. The van der Waals surface area contributed by atoms with E-state index in [0.29, 0.717) is 23.9 Å². The number of ether oxygens (including phenoxy) is 2. The van der Waals surface area contributed by atoms with Gasteiger partial charge in [0.15, 0.2) is 6.10 Å². The zero-order chi connectivity index (χ0) is 41.4. The number of hydrogen-bond donors (Lipinski definition) is 1. The number of carbonyl (C=O) groups is 2. The number of allylic oxidation sites excluding steroid dienone is 14. The number of quaternary nitrogens is 1. The van der Waals surface area contributed by atoms with Crippen LogP contribution in [0.1, 0.15) is 142 Å². The largest absolute Gasteiger partial charge is 0.472 e. The normalized spacial score (nSPS) is 14.5. The van der Waals surface area contributed by atoms with Crippen molar-refractivity contribution in [2.24, 2.45) is 0 Å². The second kappa shape index (κ2) is 37.7. The van der Waals surface area contributed by atoms with Gasteiger partial charge in [-0.1, -0.05) is 137 Å². The van der Waals surface area contributed by atoms with Gasteiger partial charge in [0.25, 0.3) is 0 Å². The Morgan fingerprint density at radius 1 is 0.571 bits per heavy atom. The molecular formula is C46H79NO8P+. The summed E-state index contributed by atoms with van der Waals surface area (Å²) in [6, 6.07) is 0. The van der Waals surface area contributed by atoms with Gasteiger partial charge in [-0.25, -0.2) is 4.57 Å². The Kier molecular flexibility index (Phi) is 35.9. The fourth-order valence-corrected chi connectivity index (χ4v) is 5.83. The Morgan fingerprint density at radius 3 is 1.59 bits per heavy atom. The highest BCUT2D eigenvalue weighted by atomic mass is 31.2. The lowest BCUT2D eigenvalue weighted by molar-refractivity contribution is -0.870. The van der Waals surface area contributed by atoms with E-state index in [1.54, 1.807) is 0 Å². The van der Waals surface area contributed by atoms with Crippen molar-refractivity contribution in [3.05, 3.63) is 85.1 Å². The molecule has 0 bridgehead atoms. The molecule has 0 aromatic heterocycles. The molecule has 0 aliphatic heterocycles. The SMILES string of the molecule is CC/C=C/C/C=C/C/C=C/C/C=C/C/C=C/C/C=C/CCC(=O)O[C@H](COC(=O)CCCCC/C=C/CCCCCCCC)COP(=O)(O)OCC[N+](C)(C)C. The Balaban J connectivity index is 4.56. The molecule has 0 aromatic carbocycles. The molecule has 0 heterocycles. The molecule has 0 fully saturated rings. The first-order chi connectivity index (χ1) is 27.0. The van der Waals surface area contributed by atoms with Crippen LogP contribution in [0, 0.1) is 0 Å². The molecule has 0 rings (SSSR count). The Bertz CT molecular complexity index is 1230. The molecule has 56 heavy (non-hydrogen) atoms. The first-order valence-corrected chi connectivity index (χ1v) is 22.8. The molecule has 0 saturated carbocycles. The van der Waals surface area contributed by atoms with E-state index < -0.39 is 32.5 Å². The van der Waals surface area contributed by atoms with Gasteiger partial charge in [0.2, 0.25) is 0 Å². The second-order valence-corrected chi connectivity index (χ2v) is 16.4. The number of hydrogen-bond acceptors (Lipinski definition) is 7. The highest BCUT2D eigenvalue weighted by Gasteiger charge is 2.27. The number of likely N-dealkylation sites (N-methyl/N-ethyl adjacent to an activating group) is 1. The molecule has 0 aliphatic carbocycles. The monoisotopic (exact) mass is 805 g/mol. The zero-order valence-corrected chi connectivity index (χ0v) is 36.7. The average molecular weight is 805 g/mol. The van der Waals surface area contributed by atoms with E-state index in [9.17, 15) is 19.0 Å². The van der Waals surface area contributed by atoms with Crippen molar-refractivity contribution in [2.75, 3.05) is 47.5 Å². The van der Waals surface area contributed by atoms with Crippen LogP contribution in [0.25, 0.3) is 0 Å². The van der Waals surface area contributed by atoms with Crippen LogP contribution in [-0.2, 0) is 32.7 Å². The van der Waals surface area contributed by atoms with Crippen LogP contribution in [0.2, 0.25) is 0 Å². The van der Waals surface area contributed by atoms with Gasteiger partial charge in [0, 0.05) is 12.8 Å². The van der Waals surface area contributed by atoms with E-state index in [1.165, 1.54) is 38.5 Å². The lowest BCUT2D eigenvalue weighted by Crippen LogP contribution is -2.37. The maximum absolute atomic E-state index is 12.6. The molecule has 9 nitrogen and oxygen atoms in total. The minimum atomic E-state index is -4.40. The summed E-state index contributed by atoms with van der Waals surface area (Å²) in [5.41, 5.74) is 0. The van der Waals surface area contributed by atoms with Crippen molar-refractivity contribution in [3.8, 4) is 0 Å². The summed E-state index contributed by atoms with van der Waals surface area (Å²) in [6.45, 7) is 4.17. The molecule has 0 radical (unpaired) electrons. The number of phosphoric ester groups is 1. The molecule has 0 aromatic rings. The molecule has 1 N–H and O–H groups in total. The molecular weight excluding hydrogens is 725 g/mol. The van der Waals surface area contributed by atoms with E-state index in [-0.39, 0.29) is 26.1 Å². The number of carbonyl (C=O) groups excluding carboxylic acids is 2. The molecule has 0 aliphatic rings. The highest BCUT2D eigenvalue weighted by Crippen LogP contribution is 2.43. The first kappa shape index (κ1) is 53.2. The van der Waals surface area contributed by atoms with Crippen molar-refractivity contribution >= 4 is 19.8 Å². The fourth-order valence-electron chi connectivity index (χ4n) is 5.09.